The van der Waals surface area contributed by atoms with E-state index >= 15 is 0 Å². The van der Waals surface area contributed by atoms with Gasteiger partial charge in [0.25, 0.3) is 5.69 Å². The Morgan fingerprint density at radius 1 is 1.29 bits per heavy atom. The molecule has 0 radical (unpaired) electrons. The molecule has 0 aromatic heterocycles. The molecule has 1 unspecified atom stereocenters. The van der Waals surface area contributed by atoms with Crippen LogP contribution in [0.2, 0.25) is 0 Å². The van der Waals surface area contributed by atoms with Crippen molar-refractivity contribution in [3.8, 4) is 5.75 Å². The number of para-hydroxylation sites is 1. The second kappa shape index (κ2) is 7.59. The molecule has 0 aliphatic heterocycles. The molecule has 0 aliphatic rings. The zero-order valence-corrected chi connectivity index (χ0v) is 13.6. The van der Waals surface area contributed by atoms with E-state index in [1.807, 2.05) is 13.8 Å². The highest BCUT2D eigenvalue weighted by Gasteiger charge is 2.25. The first kappa shape index (κ1) is 17.5. The van der Waals surface area contributed by atoms with E-state index in [4.69, 9.17) is 4.74 Å². The third-order valence-electron chi connectivity index (χ3n) is 3.81. The highest BCUT2D eigenvalue weighted by atomic mass is 16.6. The topological polar surface area (TPSA) is 89.7 Å². The molecule has 0 saturated carbocycles. The number of carboxylic acids is 1. The summed E-state index contributed by atoms with van der Waals surface area (Å²) >= 11 is 0. The highest BCUT2D eigenvalue weighted by Crippen LogP contribution is 2.29. The molecule has 0 heterocycles. The standard InChI is InChI=1S/C18H19NO5/c1-3-24-17-9-8-13(10-12(17)2)15(18(20)21)11-14-6-4-5-7-16(14)19(22)23/h4-10,15H,3,11H2,1-2H3,(H,20,21). The van der Waals surface area contributed by atoms with Crippen LogP contribution in [0.25, 0.3) is 0 Å². The molecule has 24 heavy (non-hydrogen) atoms. The van der Waals surface area contributed by atoms with E-state index in [0.717, 1.165) is 5.56 Å². The molecule has 0 saturated heterocycles. The van der Waals surface area contributed by atoms with Crippen LogP contribution in [0.5, 0.6) is 5.75 Å². The molecule has 2 aromatic rings. The highest BCUT2D eigenvalue weighted by molar-refractivity contribution is 5.77. The van der Waals surface area contributed by atoms with Crippen LogP contribution in [0.1, 0.15) is 29.5 Å². The van der Waals surface area contributed by atoms with Gasteiger partial charge in [0.2, 0.25) is 0 Å². The summed E-state index contributed by atoms with van der Waals surface area (Å²) in [7, 11) is 0. The third-order valence-corrected chi connectivity index (χ3v) is 3.81. The van der Waals surface area contributed by atoms with Crippen molar-refractivity contribution in [3.63, 3.8) is 0 Å². The van der Waals surface area contributed by atoms with Gasteiger partial charge in [0.05, 0.1) is 17.4 Å². The maximum atomic E-state index is 11.7. The molecule has 6 nitrogen and oxygen atoms in total. The Hall–Kier alpha value is -2.89. The molecule has 0 aliphatic carbocycles. The molecule has 1 N–H and O–H groups in total. The van der Waals surface area contributed by atoms with Crippen molar-refractivity contribution in [1.82, 2.24) is 0 Å². The second-order valence-corrected chi connectivity index (χ2v) is 5.44. The minimum absolute atomic E-state index is 0.0555. The minimum Gasteiger partial charge on any atom is -0.494 e. The van der Waals surface area contributed by atoms with Crippen molar-refractivity contribution in [3.05, 3.63) is 69.3 Å². The summed E-state index contributed by atoms with van der Waals surface area (Å²) in [5.41, 5.74) is 1.78. The molecule has 6 heteroatoms. The Balaban J connectivity index is 2.36. The summed E-state index contributed by atoms with van der Waals surface area (Å²) in [6, 6.07) is 11.4. The van der Waals surface area contributed by atoms with Crippen molar-refractivity contribution in [2.45, 2.75) is 26.2 Å². The van der Waals surface area contributed by atoms with E-state index in [9.17, 15) is 20.0 Å². The Bertz CT molecular complexity index is 757. The van der Waals surface area contributed by atoms with Crippen molar-refractivity contribution < 1.29 is 19.6 Å². The van der Waals surface area contributed by atoms with Crippen LogP contribution in [0.4, 0.5) is 5.69 Å². The number of nitrogens with zero attached hydrogens (tertiary/aromatic N) is 1. The molecule has 1 atom stereocenters. The van der Waals surface area contributed by atoms with Crippen LogP contribution in [-0.4, -0.2) is 22.6 Å². The van der Waals surface area contributed by atoms with E-state index < -0.39 is 16.8 Å². The van der Waals surface area contributed by atoms with Crippen LogP contribution in [0.3, 0.4) is 0 Å². The van der Waals surface area contributed by atoms with Gasteiger partial charge in [-0.25, -0.2) is 0 Å². The number of hydrogen-bond donors (Lipinski definition) is 1. The van der Waals surface area contributed by atoms with Gasteiger partial charge >= 0.3 is 5.97 Å². The van der Waals surface area contributed by atoms with Gasteiger partial charge in [-0.05, 0) is 37.5 Å². The molecule has 0 amide bonds. The quantitative estimate of drug-likeness (QED) is 0.618. The predicted molar refractivity (Wildman–Crippen MR) is 89.5 cm³/mol. The lowest BCUT2D eigenvalue weighted by molar-refractivity contribution is -0.385. The SMILES string of the molecule is CCOc1ccc(C(Cc2ccccc2[N+](=O)[O-])C(=O)O)cc1C. The summed E-state index contributed by atoms with van der Waals surface area (Å²) < 4.78 is 5.46. The van der Waals surface area contributed by atoms with Crippen LogP contribution >= 0.6 is 0 Å². The van der Waals surface area contributed by atoms with Crippen LogP contribution < -0.4 is 4.74 Å². The lowest BCUT2D eigenvalue weighted by atomic mass is 9.90. The molecular weight excluding hydrogens is 310 g/mol. The average molecular weight is 329 g/mol. The molecule has 0 fully saturated rings. The monoisotopic (exact) mass is 329 g/mol. The number of benzene rings is 2. The van der Waals surface area contributed by atoms with Gasteiger partial charge in [0, 0.05) is 11.6 Å². The maximum absolute atomic E-state index is 11.7. The minimum atomic E-state index is -1.02. The van der Waals surface area contributed by atoms with Gasteiger partial charge in [0.15, 0.2) is 0 Å². The Morgan fingerprint density at radius 2 is 2.00 bits per heavy atom. The van der Waals surface area contributed by atoms with Crippen LogP contribution in [-0.2, 0) is 11.2 Å². The lowest BCUT2D eigenvalue weighted by Crippen LogP contribution is -2.15. The number of rotatable bonds is 7. The average Bonchev–Trinajstić information content (AvgIpc) is 2.54. The molecule has 0 bridgehead atoms. The van der Waals surface area contributed by atoms with Crippen molar-refractivity contribution in [2.75, 3.05) is 6.61 Å². The number of hydrogen-bond acceptors (Lipinski definition) is 4. The van der Waals surface area contributed by atoms with E-state index in [1.165, 1.54) is 6.07 Å². The first-order valence-electron chi connectivity index (χ1n) is 7.62. The smallest absolute Gasteiger partial charge is 0.311 e. The maximum Gasteiger partial charge on any atom is 0.311 e. The fourth-order valence-corrected chi connectivity index (χ4v) is 2.64. The van der Waals surface area contributed by atoms with Crippen LogP contribution in [0.15, 0.2) is 42.5 Å². The lowest BCUT2D eigenvalue weighted by Gasteiger charge is -2.15. The van der Waals surface area contributed by atoms with Crippen molar-refractivity contribution >= 4 is 11.7 Å². The normalized spacial score (nSPS) is 11.8. The largest absolute Gasteiger partial charge is 0.494 e. The fourth-order valence-electron chi connectivity index (χ4n) is 2.64. The number of aliphatic carboxylic acids is 1. The molecule has 0 spiro atoms. The molecule has 2 rings (SSSR count). The van der Waals surface area contributed by atoms with Crippen molar-refractivity contribution in [1.29, 1.82) is 0 Å². The summed E-state index contributed by atoms with van der Waals surface area (Å²) in [4.78, 5) is 22.3. The summed E-state index contributed by atoms with van der Waals surface area (Å²) in [5, 5.41) is 20.7. The number of nitro benzene ring substituents is 1. The fraction of sp³-hybridized carbons (Fsp3) is 0.278. The number of ether oxygens (including phenoxy) is 1. The first-order chi connectivity index (χ1) is 11.4. The summed E-state index contributed by atoms with van der Waals surface area (Å²) in [5.74, 6) is -1.17. The number of carboxylic acid groups (broad SMARTS) is 1. The second-order valence-electron chi connectivity index (χ2n) is 5.44. The Kier molecular flexibility index (Phi) is 5.52. The number of carbonyl (C=O) groups is 1. The van der Waals surface area contributed by atoms with Gasteiger partial charge < -0.3 is 9.84 Å². The van der Waals surface area contributed by atoms with Gasteiger partial charge in [-0.15, -0.1) is 0 Å². The zero-order valence-electron chi connectivity index (χ0n) is 13.6. The number of aryl methyl sites for hydroxylation is 1. The van der Waals surface area contributed by atoms with Gasteiger partial charge in [-0.1, -0.05) is 30.3 Å². The number of nitro groups is 1. The predicted octanol–water partition coefficient (Wildman–Crippen LogP) is 3.71. The molecule has 2 aromatic carbocycles. The van der Waals surface area contributed by atoms with E-state index in [1.54, 1.807) is 36.4 Å². The summed E-state index contributed by atoms with van der Waals surface area (Å²) in [6.45, 7) is 4.25. The zero-order chi connectivity index (χ0) is 17.7. The van der Waals surface area contributed by atoms with E-state index in [2.05, 4.69) is 0 Å². The van der Waals surface area contributed by atoms with E-state index in [0.29, 0.717) is 23.5 Å². The molecular formula is C18H19NO5. The Morgan fingerprint density at radius 3 is 2.58 bits per heavy atom. The van der Waals surface area contributed by atoms with Crippen LogP contribution in [0, 0.1) is 17.0 Å². The third kappa shape index (κ3) is 3.90. The van der Waals surface area contributed by atoms with Gasteiger partial charge in [-0.3, -0.25) is 14.9 Å². The first-order valence-corrected chi connectivity index (χ1v) is 7.62. The molecule has 126 valence electrons. The Labute approximate surface area is 139 Å². The summed E-state index contributed by atoms with van der Waals surface area (Å²) in [6.07, 6.45) is 0.0555. The van der Waals surface area contributed by atoms with Gasteiger partial charge in [-0.2, -0.15) is 0 Å². The van der Waals surface area contributed by atoms with E-state index in [-0.39, 0.29) is 12.1 Å². The van der Waals surface area contributed by atoms with Crippen molar-refractivity contribution in [2.24, 2.45) is 0 Å². The van der Waals surface area contributed by atoms with Gasteiger partial charge in [0.1, 0.15) is 5.75 Å².